The maximum atomic E-state index is 8.79. The molecule has 3 rings (SSSR count). The average Bonchev–Trinajstić information content (AvgIpc) is 3.02. The van der Waals surface area contributed by atoms with E-state index >= 15 is 0 Å². The maximum Gasteiger partial charge on any atom is 0.128 e. The second kappa shape index (κ2) is 4.95. The van der Waals surface area contributed by atoms with Gasteiger partial charge in [0, 0.05) is 12.1 Å². The van der Waals surface area contributed by atoms with Gasteiger partial charge in [-0.05, 0) is 23.3 Å². The van der Waals surface area contributed by atoms with Crippen LogP contribution >= 0.6 is 0 Å². The third-order valence-electron chi connectivity index (χ3n) is 3.18. The van der Waals surface area contributed by atoms with Crippen LogP contribution in [0.2, 0.25) is 0 Å². The third kappa shape index (κ3) is 2.34. The molecular formula is C16H13N3. The highest BCUT2D eigenvalue weighted by molar-refractivity contribution is 6.00. The fourth-order valence-electron chi connectivity index (χ4n) is 2.15. The van der Waals surface area contributed by atoms with Crippen LogP contribution in [0.4, 0.5) is 0 Å². The number of amidine groups is 1. The first-order valence-corrected chi connectivity index (χ1v) is 6.26. The molecule has 1 aliphatic heterocycles. The Morgan fingerprint density at radius 3 is 2.00 bits per heavy atom. The molecule has 0 amide bonds. The highest BCUT2D eigenvalue weighted by atomic mass is 15.1. The number of nitrogens with one attached hydrogen (secondary N) is 1. The Bertz CT molecular complexity index is 646. The Balaban J connectivity index is 1.87. The fourth-order valence-corrected chi connectivity index (χ4v) is 2.15. The van der Waals surface area contributed by atoms with E-state index in [1.165, 1.54) is 0 Å². The van der Waals surface area contributed by atoms with Crippen LogP contribution in [0.1, 0.15) is 11.1 Å². The Kier molecular flexibility index (Phi) is 2.99. The molecule has 2 aromatic rings. The van der Waals surface area contributed by atoms with Crippen LogP contribution in [0.15, 0.2) is 53.5 Å². The summed E-state index contributed by atoms with van der Waals surface area (Å²) in [6.07, 6.45) is 0. The summed E-state index contributed by atoms with van der Waals surface area (Å²) in [5.41, 5.74) is 4.07. The van der Waals surface area contributed by atoms with E-state index in [0.717, 1.165) is 35.6 Å². The van der Waals surface area contributed by atoms with Gasteiger partial charge < -0.3 is 5.32 Å². The van der Waals surface area contributed by atoms with Crippen molar-refractivity contribution in [2.75, 3.05) is 13.1 Å². The van der Waals surface area contributed by atoms with E-state index < -0.39 is 0 Å². The van der Waals surface area contributed by atoms with E-state index in [1.54, 1.807) is 0 Å². The van der Waals surface area contributed by atoms with Gasteiger partial charge in [-0.25, -0.2) is 0 Å². The van der Waals surface area contributed by atoms with E-state index in [1.807, 2.05) is 24.3 Å². The predicted molar refractivity (Wildman–Crippen MR) is 76.0 cm³/mol. The number of rotatable bonds is 2. The molecule has 3 heteroatoms. The Hall–Kier alpha value is -2.60. The van der Waals surface area contributed by atoms with Crippen LogP contribution in [0.5, 0.6) is 0 Å². The number of hydrogen-bond acceptors (Lipinski definition) is 3. The fraction of sp³-hybridized carbons (Fsp3) is 0.125. The quantitative estimate of drug-likeness (QED) is 0.886. The minimum absolute atomic E-state index is 0.685. The van der Waals surface area contributed by atoms with Crippen molar-refractivity contribution < 1.29 is 0 Å². The molecule has 0 radical (unpaired) electrons. The van der Waals surface area contributed by atoms with Crippen molar-refractivity contribution in [1.29, 1.82) is 5.26 Å². The molecule has 0 aliphatic carbocycles. The molecular weight excluding hydrogens is 234 g/mol. The molecule has 1 N–H and O–H groups in total. The second-order valence-corrected chi connectivity index (χ2v) is 4.42. The van der Waals surface area contributed by atoms with Gasteiger partial charge in [0.2, 0.25) is 0 Å². The summed E-state index contributed by atoms with van der Waals surface area (Å²) in [5.74, 6) is 0.978. The maximum absolute atomic E-state index is 8.79. The third-order valence-corrected chi connectivity index (χ3v) is 3.18. The van der Waals surface area contributed by atoms with Gasteiger partial charge in [-0.3, -0.25) is 4.99 Å². The minimum Gasteiger partial charge on any atom is -0.368 e. The van der Waals surface area contributed by atoms with Crippen molar-refractivity contribution in [3.05, 3.63) is 59.7 Å². The van der Waals surface area contributed by atoms with Crippen molar-refractivity contribution in [2.24, 2.45) is 4.99 Å². The lowest BCUT2D eigenvalue weighted by Gasteiger charge is -2.05. The zero-order chi connectivity index (χ0) is 13.1. The van der Waals surface area contributed by atoms with Crippen LogP contribution in [0.3, 0.4) is 0 Å². The van der Waals surface area contributed by atoms with Gasteiger partial charge >= 0.3 is 0 Å². The smallest absolute Gasteiger partial charge is 0.128 e. The first-order valence-electron chi connectivity index (χ1n) is 6.26. The highest BCUT2D eigenvalue weighted by Crippen LogP contribution is 2.20. The molecule has 0 spiro atoms. The van der Waals surface area contributed by atoms with Gasteiger partial charge in [-0.15, -0.1) is 0 Å². The zero-order valence-electron chi connectivity index (χ0n) is 10.4. The molecule has 1 heterocycles. The molecule has 1 aliphatic rings. The lowest BCUT2D eigenvalue weighted by molar-refractivity contribution is 0.960. The summed E-state index contributed by atoms with van der Waals surface area (Å²) in [6.45, 7) is 1.78. The van der Waals surface area contributed by atoms with E-state index in [-0.39, 0.29) is 0 Å². The highest BCUT2D eigenvalue weighted by Gasteiger charge is 2.07. The number of aliphatic imine (C=N–C) groups is 1. The molecule has 3 nitrogen and oxygen atoms in total. The summed E-state index contributed by atoms with van der Waals surface area (Å²) in [5, 5.41) is 12.0. The number of benzene rings is 2. The SMILES string of the molecule is N#Cc1ccc(-c2ccc(C3=NCCN3)cc2)cc1. The van der Waals surface area contributed by atoms with Gasteiger partial charge in [-0.1, -0.05) is 36.4 Å². The van der Waals surface area contributed by atoms with Crippen LogP contribution in [-0.4, -0.2) is 18.9 Å². The monoisotopic (exact) mass is 247 g/mol. The lowest BCUT2D eigenvalue weighted by Crippen LogP contribution is -2.19. The second-order valence-electron chi connectivity index (χ2n) is 4.42. The normalized spacial score (nSPS) is 13.5. The standard InChI is InChI=1S/C16H13N3/c17-11-12-1-3-13(4-2-12)14-5-7-15(8-6-14)16-18-9-10-19-16/h1-8H,9-10H2,(H,18,19). The summed E-state index contributed by atoms with van der Waals surface area (Å²) in [7, 11) is 0. The van der Waals surface area contributed by atoms with E-state index in [0.29, 0.717) is 5.56 Å². The van der Waals surface area contributed by atoms with Gasteiger partial charge in [0.05, 0.1) is 18.2 Å². The molecule has 0 unspecified atom stereocenters. The minimum atomic E-state index is 0.685. The Morgan fingerprint density at radius 1 is 0.895 bits per heavy atom. The van der Waals surface area contributed by atoms with Crippen molar-refractivity contribution >= 4 is 5.84 Å². The molecule has 0 atom stereocenters. The molecule has 0 aromatic heterocycles. The van der Waals surface area contributed by atoms with Gasteiger partial charge in [-0.2, -0.15) is 5.26 Å². The first-order chi connectivity index (χ1) is 9.36. The molecule has 0 saturated carbocycles. The topological polar surface area (TPSA) is 48.2 Å². The van der Waals surface area contributed by atoms with Crippen LogP contribution < -0.4 is 5.32 Å². The van der Waals surface area contributed by atoms with Crippen LogP contribution in [-0.2, 0) is 0 Å². The van der Waals surface area contributed by atoms with Crippen LogP contribution in [0, 0.1) is 11.3 Å². The van der Waals surface area contributed by atoms with Crippen molar-refractivity contribution in [2.45, 2.75) is 0 Å². The van der Waals surface area contributed by atoms with Crippen molar-refractivity contribution in [3.63, 3.8) is 0 Å². The molecule has 0 saturated heterocycles. The molecule has 2 aromatic carbocycles. The lowest BCUT2D eigenvalue weighted by atomic mass is 10.0. The molecule has 92 valence electrons. The summed E-state index contributed by atoms with van der Waals surface area (Å²) in [4.78, 5) is 4.40. The van der Waals surface area contributed by atoms with Crippen molar-refractivity contribution in [1.82, 2.24) is 5.32 Å². The van der Waals surface area contributed by atoms with Crippen molar-refractivity contribution in [3.8, 4) is 17.2 Å². The summed E-state index contributed by atoms with van der Waals surface area (Å²) in [6, 6.07) is 18.1. The van der Waals surface area contributed by atoms with Gasteiger partial charge in [0.15, 0.2) is 0 Å². The van der Waals surface area contributed by atoms with Crippen LogP contribution in [0.25, 0.3) is 11.1 Å². The van der Waals surface area contributed by atoms with Gasteiger partial charge in [0.1, 0.15) is 5.84 Å². The zero-order valence-corrected chi connectivity index (χ0v) is 10.4. The predicted octanol–water partition coefficient (Wildman–Crippen LogP) is 2.58. The molecule has 0 fully saturated rings. The van der Waals surface area contributed by atoms with E-state index in [4.69, 9.17) is 5.26 Å². The summed E-state index contributed by atoms with van der Waals surface area (Å²) < 4.78 is 0. The summed E-state index contributed by atoms with van der Waals surface area (Å²) >= 11 is 0. The largest absolute Gasteiger partial charge is 0.368 e. The van der Waals surface area contributed by atoms with E-state index in [9.17, 15) is 0 Å². The Labute approximate surface area is 112 Å². The van der Waals surface area contributed by atoms with Gasteiger partial charge in [0.25, 0.3) is 0 Å². The average molecular weight is 247 g/mol. The first kappa shape index (κ1) is 11.5. The number of hydrogen-bond donors (Lipinski definition) is 1. The molecule has 0 bridgehead atoms. The Morgan fingerprint density at radius 2 is 1.47 bits per heavy atom. The number of nitriles is 1. The van der Waals surface area contributed by atoms with E-state index in [2.05, 4.69) is 40.6 Å². The molecule has 19 heavy (non-hydrogen) atoms. The number of nitrogens with zero attached hydrogens (tertiary/aromatic N) is 2.